The van der Waals surface area contributed by atoms with Crippen molar-refractivity contribution >= 4 is 77.0 Å². The number of benzene rings is 12. The maximum absolute atomic E-state index is 2.62. The van der Waals surface area contributed by atoms with Crippen LogP contribution in [-0.4, -0.2) is 8.97 Å². The van der Waals surface area contributed by atoms with Crippen LogP contribution >= 0.6 is 0 Å². The Bertz CT molecular complexity index is 5140. The lowest BCUT2D eigenvalue weighted by molar-refractivity contribution is 0.333. The Morgan fingerprint density at radius 3 is 1.57 bits per heavy atom. The number of anilines is 3. The zero-order chi connectivity index (χ0) is 53.0. The van der Waals surface area contributed by atoms with Crippen LogP contribution in [0.25, 0.3) is 99.0 Å². The molecule has 378 valence electrons. The standard InChI is InChI=1S/C78H51N3/c1-77(2)63-26-12-6-20-53(63)54-38-37-51(45-66(54)77)79(50-35-32-46(33-36-50)47-34-40-70-60(42-47)55-21-9-15-29-67(55)80(70)49-18-4-3-5-19-49)71-41-39-52(72-73(71)75-59-25-8-14-28-65(59)78(75)64-27-13-7-24-58(64)74(72)78)48-43-61-56-22-10-16-30-68(56)81-69-31-17-11-23-57(69)62(44-48)76(61)81/h3-45,74-75H,1-2H3. The largest absolute Gasteiger partial charge is 0.310 e. The maximum atomic E-state index is 2.62. The summed E-state index contributed by atoms with van der Waals surface area (Å²) in [6.07, 6.45) is 0. The summed E-state index contributed by atoms with van der Waals surface area (Å²) in [4.78, 5) is 2.62. The number of hydrogen-bond donors (Lipinski definition) is 0. The summed E-state index contributed by atoms with van der Waals surface area (Å²) in [5.41, 5.74) is 29.8. The van der Waals surface area contributed by atoms with Crippen LogP contribution in [0.1, 0.15) is 70.2 Å². The lowest BCUT2D eigenvalue weighted by atomic mass is 9.43. The van der Waals surface area contributed by atoms with E-state index in [0.29, 0.717) is 0 Å². The van der Waals surface area contributed by atoms with Crippen molar-refractivity contribution in [1.29, 1.82) is 0 Å². The van der Waals surface area contributed by atoms with Crippen LogP contribution in [0, 0.1) is 0 Å². The van der Waals surface area contributed by atoms with Crippen molar-refractivity contribution < 1.29 is 0 Å². The zero-order valence-electron chi connectivity index (χ0n) is 44.8. The minimum atomic E-state index is -0.176. The third-order valence-electron chi connectivity index (χ3n) is 19.9. The van der Waals surface area contributed by atoms with Crippen molar-refractivity contribution in [3.05, 3.63) is 305 Å². The second kappa shape index (κ2) is 15.4. The molecule has 0 bridgehead atoms. The van der Waals surface area contributed by atoms with E-state index in [0.717, 1.165) is 5.69 Å². The summed E-state index contributed by atoms with van der Waals surface area (Å²) in [5, 5.41) is 7.72. The van der Waals surface area contributed by atoms with Gasteiger partial charge in [0, 0.05) is 72.0 Å². The topological polar surface area (TPSA) is 12.6 Å². The Morgan fingerprint density at radius 1 is 0.346 bits per heavy atom. The van der Waals surface area contributed by atoms with Crippen molar-refractivity contribution in [3.63, 3.8) is 0 Å². The van der Waals surface area contributed by atoms with Crippen LogP contribution in [0.2, 0.25) is 0 Å². The number of nitrogens with zero attached hydrogens (tertiary/aromatic N) is 3. The highest BCUT2D eigenvalue weighted by molar-refractivity contribution is 6.24. The molecule has 0 fully saturated rings. The SMILES string of the molecule is CC1(C)c2ccccc2-c2ccc(N(c3ccc(-c4ccc5c(c4)c4ccccc4n5-c4ccccc4)cc3)c3ccc(-c4cc5c6ccccc6n6c7ccccc7c(c4)c56)c4c3C3c5ccccc5C35c3ccccc3C45)cc21. The zero-order valence-corrected chi connectivity index (χ0v) is 44.8. The molecule has 12 aromatic carbocycles. The molecule has 0 aliphatic heterocycles. The predicted octanol–water partition coefficient (Wildman–Crippen LogP) is 19.9. The summed E-state index contributed by atoms with van der Waals surface area (Å²) in [6, 6.07) is 99.3. The van der Waals surface area contributed by atoms with E-state index in [9.17, 15) is 0 Å². The predicted molar refractivity (Wildman–Crippen MR) is 336 cm³/mol. The van der Waals surface area contributed by atoms with Gasteiger partial charge in [0.05, 0.1) is 33.3 Å². The van der Waals surface area contributed by atoms with Crippen LogP contribution < -0.4 is 4.90 Å². The van der Waals surface area contributed by atoms with E-state index >= 15 is 0 Å². The molecule has 3 unspecified atom stereocenters. The third kappa shape index (κ3) is 5.40. The Morgan fingerprint density at radius 2 is 0.864 bits per heavy atom. The smallest absolute Gasteiger partial charge is 0.0620 e. The highest BCUT2D eigenvalue weighted by Gasteiger charge is 2.70. The molecule has 4 aliphatic rings. The van der Waals surface area contributed by atoms with Crippen LogP contribution in [0.3, 0.4) is 0 Å². The first kappa shape index (κ1) is 44.0. The van der Waals surface area contributed by atoms with Crippen molar-refractivity contribution in [3.8, 4) is 39.1 Å². The Labute approximate surface area is 469 Å². The van der Waals surface area contributed by atoms with Crippen LogP contribution in [0.15, 0.2) is 261 Å². The van der Waals surface area contributed by atoms with Gasteiger partial charge in [-0.25, -0.2) is 0 Å². The van der Waals surface area contributed by atoms with Gasteiger partial charge in [-0.1, -0.05) is 190 Å². The van der Waals surface area contributed by atoms with Crippen molar-refractivity contribution in [1.82, 2.24) is 8.97 Å². The van der Waals surface area contributed by atoms with Crippen LogP contribution in [-0.2, 0) is 10.8 Å². The molecule has 19 rings (SSSR count). The molecular weight excluding hydrogens is 979 g/mol. The molecule has 81 heavy (non-hydrogen) atoms. The average molecular weight is 1030 g/mol. The fourth-order valence-electron chi connectivity index (χ4n) is 16.6. The molecule has 0 amide bonds. The van der Waals surface area contributed by atoms with Gasteiger partial charge < -0.3 is 13.9 Å². The molecule has 3 nitrogen and oxygen atoms in total. The molecule has 0 radical (unpaired) electrons. The van der Waals surface area contributed by atoms with Crippen molar-refractivity contribution in [2.75, 3.05) is 4.90 Å². The van der Waals surface area contributed by atoms with Gasteiger partial charge in [0.15, 0.2) is 0 Å². The molecule has 3 heteroatoms. The Hall–Kier alpha value is -9.96. The monoisotopic (exact) mass is 1030 g/mol. The molecule has 0 saturated carbocycles. The fourth-order valence-corrected chi connectivity index (χ4v) is 16.6. The van der Waals surface area contributed by atoms with E-state index in [1.807, 2.05) is 0 Å². The number of fused-ring (bicyclic) bond motifs is 19. The summed E-state index contributed by atoms with van der Waals surface area (Å²) < 4.78 is 4.90. The normalized spacial score (nSPS) is 17.7. The highest BCUT2D eigenvalue weighted by atomic mass is 15.1. The van der Waals surface area contributed by atoms with Gasteiger partial charge >= 0.3 is 0 Å². The van der Waals surface area contributed by atoms with Gasteiger partial charge in [-0.15, -0.1) is 0 Å². The molecule has 3 atom stereocenters. The number of hydrogen-bond acceptors (Lipinski definition) is 1. The van der Waals surface area contributed by atoms with Gasteiger partial charge in [0.25, 0.3) is 0 Å². The number of para-hydroxylation sites is 4. The van der Waals surface area contributed by atoms with E-state index in [4.69, 9.17) is 0 Å². The number of aromatic nitrogens is 2. The third-order valence-corrected chi connectivity index (χ3v) is 19.9. The minimum Gasteiger partial charge on any atom is -0.310 e. The van der Waals surface area contributed by atoms with E-state index < -0.39 is 0 Å². The van der Waals surface area contributed by atoms with Crippen molar-refractivity contribution in [2.45, 2.75) is 36.5 Å². The Balaban J connectivity index is 0.857. The highest BCUT2D eigenvalue weighted by Crippen LogP contribution is 2.79. The molecule has 0 N–H and O–H groups in total. The van der Waals surface area contributed by atoms with Crippen LogP contribution in [0.5, 0.6) is 0 Å². The van der Waals surface area contributed by atoms with E-state index in [2.05, 4.69) is 289 Å². The Kier molecular flexibility index (Phi) is 8.38. The summed E-state index contributed by atoms with van der Waals surface area (Å²) >= 11 is 0. The van der Waals surface area contributed by atoms with Gasteiger partial charge in [0.2, 0.25) is 0 Å². The molecule has 0 saturated heterocycles. The molecule has 3 aromatic heterocycles. The van der Waals surface area contributed by atoms with Gasteiger partial charge in [0.1, 0.15) is 0 Å². The van der Waals surface area contributed by atoms with E-state index in [1.165, 1.54) is 155 Å². The minimum absolute atomic E-state index is 0.163. The maximum Gasteiger partial charge on any atom is 0.0620 e. The first-order chi connectivity index (χ1) is 40.0. The van der Waals surface area contributed by atoms with E-state index in [-0.39, 0.29) is 22.7 Å². The molecule has 4 aliphatic carbocycles. The van der Waals surface area contributed by atoms with Crippen LogP contribution in [0.4, 0.5) is 17.1 Å². The molecular formula is C78H51N3. The summed E-state index contributed by atoms with van der Waals surface area (Å²) in [6.45, 7) is 4.81. The van der Waals surface area contributed by atoms with Gasteiger partial charge in [-0.2, -0.15) is 0 Å². The fraction of sp³-hybridized carbons (Fsp3) is 0.0769. The second-order valence-corrected chi connectivity index (χ2v) is 23.9. The first-order valence-electron chi connectivity index (χ1n) is 28.7. The molecule has 15 aromatic rings. The number of rotatable bonds is 6. The summed E-state index contributed by atoms with van der Waals surface area (Å²) in [7, 11) is 0. The lowest BCUT2D eigenvalue weighted by Gasteiger charge is -2.58. The van der Waals surface area contributed by atoms with Gasteiger partial charge in [-0.05, 0) is 163 Å². The second-order valence-electron chi connectivity index (χ2n) is 23.9. The first-order valence-corrected chi connectivity index (χ1v) is 28.7. The lowest BCUT2D eigenvalue weighted by Crippen LogP contribution is -2.52. The van der Waals surface area contributed by atoms with Crippen molar-refractivity contribution in [2.24, 2.45) is 0 Å². The summed E-state index contributed by atoms with van der Waals surface area (Å²) in [5.74, 6) is 0.360. The van der Waals surface area contributed by atoms with E-state index in [1.54, 1.807) is 0 Å². The quantitative estimate of drug-likeness (QED) is 0.162. The molecule has 3 heterocycles. The molecule has 1 spiro atoms. The van der Waals surface area contributed by atoms with Gasteiger partial charge in [-0.3, -0.25) is 0 Å². The average Bonchev–Trinajstić information content (AvgIpc) is 4.04.